The van der Waals surface area contributed by atoms with Gasteiger partial charge in [-0.25, -0.2) is 0 Å². The molecule has 1 aliphatic rings. The summed E-state index contributed by atoms with van der Waals surface area (Å²) in [6.45, 7) is 0.571. The van der Waals surface area contributed by atoms with Crippen LogP contribution in [0.3, 0.4) is 0 Å². The summed E-state index contributed by atoms with van der Waals surface area (Å²) in [6.07, 6.45) is 3.25. The number of benzene rings is 1. The minimum absolute atomic E-state index is 0.0501. The Balaban J connectivity index is 2.60. The Bertz CT molecular complexity index is 482. The fourth-order valence-corrected chi connectivity index (χ4v) is 2.61. The van der Waals surface area contributed by atoms with Gasteiger partial charge in [-0.05, 0) is 18.9 Å². The highest BCUT2D eigenvalue weighted by molar-refractivity contribution is 5.56. The van der Waals surface area contributed by atoms with Crippen LogP contribution in [-0.4, -0.2) is 20.8 Å². The van der Waals surface area contributed by atoms with E-state index in [1.165, 1.54) is 6.42 Å². The fourth-order valence-electron chi connectivity index (χ4n) is 2.61. The van der Waals surface area contributed by atoms with Crippen molar-refractivity contribution < 1.29 is 9.47 Å². The van der Waals surface area contributed by atoms with Crippen LogP contribution in [0.15, 0.2) is 12.1 Å². The molecule has 0 bridgehead atoms. The highest BCUT2D eigenvalue weighted by Gasteiger charge is 2.40. The van der Waals surface area contributed by atoms with E-state index in [4.69, 9.17) is 20.5 Å². The predicted molar refractivity (Wildman–Crippen MR) is 68.8 cm³/mol. The van der Waals surface area contributed by atoms with E-state index in [9.17, 15) is 0 Å². The smallest absolute Gasteiger partial charge is 0.164 e. The molecule has 1 aromatic rings. The Labute approximate surface area is 107 Å². The topological polar surface area (TPSA) is 68.3 Å². The Morgan fingerprint density at radius 3 is 2.44 bits per heavy atom. The summed E-state index contributed by atoms with van der Waals surface area (Å²) in [4.78, 5) is 0. The molecule has 0 aromatic heterocycles. The minimum atomic E-state index is -0.0501. The van der Waals surface area contributed by atoms with Gasteiger partial charge in [0.15, 0.2) is 11.5 Å². The largest absolute Gasteiger partial charge is 0.493 e. The SMILES string of the molecule is COc1cc(C#N)cc(C2(CN)CCC2)c1OC. The van der Waals surface area contributed by atoms with E-state index in [0.29, 0.717) is 23.6 Å². The number of hydrogen-bond donors (Lipinski definition) is 1. The molecule has 1 aromatic carbocycles. The lowest BCUT2D eigenvalue weighted by atomic mass is 9.64. The van der Waals surface area contributed by atoms with Crippen LogP contribution in [0.5, 0.6) is 11.5 Å². The first kappa shape index (κ1) is 12.7. The zero-order valence-corrected chi connectivity index (χ0v) is 10.8. The van der Waals surface area contributed by atoms with E-state index in [1.54, 1.807) is 20.3 Å². The van der Waals surface area contributed by atoms with Gasteiger partial charge in [0.05, 0.1) is 25.9 Å². The molecule has 0 atom stereocenters. The molecule has 1 aliphatic carbocycles. The monoisotopic (exact) mass is 246 g/mol. The maximum Gasteiger partial charge on any atom is 0.164 e. The molecule has 2 N–H and O–H groups in total. The maximum atomic E-state index is 9.10. The summed E-state index contributed by atoms with van der Waals surface area (Å²) in [6, 6.07) is 5.74. The van der Waals surface area contributed by atoms with Gasteiger partial charge in [-0.15, -0.1) is 0 Å². The highest BCUT2D eigenvalue weighted by atomic mass is 16.5. The molecule has 0 spiro atoms. The van der Waals surface area contributed by atoms with Crippen LogP contribution in [0.4, 0.5) is 0 Å². The van der Waals surface area contributed by atoms with Gasteiger partial charge in [-0.1, -0.05) is 6.42 Å². The molecule has 18 heavy (non-hydrogen) atoms. The second-order valence-electron chi connectivity index (χ2n) is 4.71. The Hall–Kier alpha value is -1.73. The van der Waals surface area contributed by atoms with Crippen LogP contribution in [0.2, 0.25) is 0 Å². The molecule has 1 saturated carbocycles. The van der Waals surface area contributed by atoms with Crippen molar-refractivity contribution in [1.82, 2.24) is 0 Å². The van der Waals surface area contributed by atoms with Crippen LogP contribution < -0.4 is 15.2 Å². The molecule has 96 valence electrons. The predicted octanol–water partition coefficient (Wildman–Crippen LogP) is 1.96. The lowest BCUT2D eigenvalue weighted by Gasteiger charge is -2.42. The van der Waals surface area contributed by atoms with E-state index in [-0.39, 0.29) is 5.41 Å². The Kier molecular flexibility index (Phi) is 3.44. The number of ether oxygens (including phenoxy) is 2. The van der Waals surface area contributed by atoms with E-state index in [2.05, 4.69) is 6.07 Å². The Morgan fingerprint density at radius 2 is 2.06 bits per heavy atom. The quantitative estimate of drug-likeness (QED) is 0.881. The number of hydrogen-bond acceptors (Lipinski definition) is 4. The van der Waals surface area contributed by atoms with Crippen molar-refractivity contribution in [3.63, 3.8) is 0 Å². The van der Waals surface area contributed by atoms with Gasteiger partial charge in [-0.2, -0.15) is 5.26 Å². The number of nitriles is 1. The lowest BCUT2D eigenvalue weighted by molar-refractivity contribution is 0.240. The second-order valence-corrected chi connectivity index (χ2v) is 4.71. The maximum absolute atomic E-state index is 9.10. The van der Waals surface area contributed by atoms with E-state index in [0.717, 1.165) is 18.4 Å². The van der Waals surface area contributed by atoms with Gasteiger partial charge in [0.2, 0.25) is 0 Å². The first-order chi connectivity index (χ1) is 8.70. The van der Waals surface area contributed by atoms with Crippen molar-refractivity contribution >= 4 is 0 Å². The number of nitrogens with two attached hydrogens (primary N) is 1. The van der Waals surface area contributed by atoms with Crippen LogP contribution in [0.25, 0.3) is 0 Å². The molecular weight excluding hydrogens is 228 g/mol. The number of methoxy groups -OCH3 is 2. The van der Waals surface area contributed by atoms with Crippen molar-refractivity contribution in [3.05, 3.63) is 23.3 Å². The third kappa shape index (κ3) is 1.81. The first-order valence-corrected chi connectivity index (χ1v) is 6.07. The van der Waals surface area contributed by atoms with Crippen molar-refractivity contribution in [1.29, 1.82) is 5.26 Å². The highest BCUT2D eigenvalue weighted by Crippen LogP contribution is 2.49. The standard InChI is InChI=1S/C14H18N2O2/c1-17-12-7-10(8-15)6-11(13(12)18-2)14(9-16)4-3-5-14/h6-7H,3-5,9,16H2,1-2H3. The van der Waals surface area contributed by atoms with Crippen LogP contribution >= 0.6 is 0 Å². The molecule has 0 radical (unpaired) electrons. The summed E-state index contributed by atoms with van der Waals surface area (Å²) >= 11 is 0. The van der Waals surface area contributed by atoms with Gasteiger partial charge in [-0.3, -0.25) is 0 Å². The molecular formula is C14H18N2O2. The molecule has 0 saturated heterocycles. The van der Waals surface area contributed by atoms with Crippen molar-refractivity contribution in [2.45, 2.75) is 24.7 Å². The van der Waals surface area contributed by atoms with Crippen molar-refractivity contribution in [2.24, 2.45) is 5.73 Å². The fraction of sp³-hybridized carbons (Fsp3) is 0.500. The average molecular weight is 246 g/mol. The molecule has 1 fully saturated rings. The van der Waals surface area contributed by atoms with E-state index < -0.39 is 0 Å². The van der Waals surface area contributed by atoms with Gasteiger partial charge < -0.3 is 15.2 Å². The summed E-state index contributed by atoms with van der Waals surface area (Å²) < 4.78 is 10.8. The molecule has 4 heteroatoms. The summed E-state index contributed by atoms with van der Waals surface area (Å²) in [5.74, 6) is 1.31. The van der Waals surface area contributed by atoms with Crippen LogP contribution in [0.1, 0.15) is 30.4 Å². The van der Waals surface area contributed by atoms with Gasteiger partial charge in [0, 0.05) is 23.6 Å². The van der Waals surface area contributed by atoms with E-state index >= 15 is 0 Å². The molecule has 4 nitrogen and oxygen atoms in total. The zero-order chi connectivity index (χ0) is 13.2. The van der Waals surface area contributed by atoms with Crippen LogP contribution in [-0.2, 0) is 5.41 Å². The second kappa shape index (κ2) is 4.87. The molecule has 2 rings (SSSR count). The summed E-state index contributed by atoms with van der Waals surface area (Å²) in [7, 11) is 3.20. The summed E-state index contributed by atoms with van der Waals surface area (Å²) in [5, 5.41) is 9.10. The third-order valence-corrected chi connectivity index (χ3v) is 3.88. The van der Waals surface area contributed by atoms with Gasteiger partial charge in [0.25, 0.3) is 0 Å². The van der Waals surface area contributed by atoms with Gasteiger partial charge in [0.1, 0.15) is 0 Å². The first-order valence-electron chi connectivity index (χ1n) is 6.07. The number of rotatable bonds is 4. The Morgan fingerprint density at radius 1 is 1.33 bits per heavy atom. The normalized spacial score (nSPS) is 16.6. The lowest BCUT2D eigenvalue weighted by Crippen LogP contribution is -2.41. The zero-order valence-electron chi connectivity index (χ0n) is 10.8. The van der Waals surface area contributed by atoms with Crippen molar-refractivity contribution in [2.75, 3.05) is 20.8 Å². The third-order valence-electron chi connectivity index (χ3n) is 3.88. The number of nitrogens with zero attached hydrogens (tertiary/aromatic N) is 1. The molecule has 0 amide bonds. The minimum Gasteiger partial charge on any atom is -0.493 e. The molecule has 0 unspecified atom stereocenters. The van der Waals surface area contributed by atoms with Gasteiger partial charge >= 0.3 is 0 Å². The van der Waals surface area contributed by atoms with Crippen LogP contribution in [0, 0.1) is 11.3 Å². The molecule has 0 aliphatic heterocycles. The average Bonchev–Trinajstić information content (AvgIpc) is 2.37. The van der Waals surface area contributed by atoms with E-state index in [1.807, 2.05) is 6.07 Å². The van der Waals surface area contributed by atoms with Crippen molar-refractivity contribution in [3.8, 4) is 17.6 Å². The molecule has 0 heterocycles. The summed E-state index contributed by atoms with van der Waals surface area (Å²) in [5.41, 5.74) is 7.47.